The first-order chi connectivity index (χ1) is 5.16. The van der Waals surface area contributed by atoms with Crippen molar-refractivity contribution in [1.82, 2.24) is 0 Å². The summed E-state index contributed by atoms with van der Waals surface area (Å²) in [4.78, 5) is 0. The highest BCUT2D eigenvalue weighted by Crippen LogP contribution is 2.58. The molecule has 0 saturated heterocycles. The number of nitrogens with two attached hydrogens (primary N) is 1. The molecule has 0 aromatic rings. The minimum atomic E-state index is 0.559. The molecule has 3 aliphatic carbocycles. The summed E-state index contributed by atoms with van der Waals surface area (Å²) in [5, 5.41) is 0. The number of fused-ring (bicyclic) bond motifs is 1. The topological polar surface area (TPSA) is 26.0 Å². The van der Waals surface area contributed by atoms with E-state index in [2.05, 4.69) is 19.9 Å². The van der Waals surface area contributed by atoms with Crippen LogP contribution in [0.5, 0.6) is 0 Å². The minimum absolute atomic E-state index is 0.559. The summed E-state index contributed by atoms with van der Waals surface area (Å²) in [6, 6.07) is 0. The third kappa shape index (κ3) is 0.807. The first-order valence-corrected chi connectivity index (χ1v) is 4.55. The largest absolute Gasteiger partial charge is 0.327 e. The number of hydrogen-bond acceptors (Lipinski definition) is 1. The van der Waals surface area contributed by atoms with E-state index in [4.69, 9.17) is 5.73 Å². The van der Waals surface area contributed by atoms with Crippen LogP contribution >= 0.6 is 0 Å². The van der Waals surface area contributed by atoms with Gasteiger partial charge in [0.15, 0.2) is 0 Å². The molecule has 1 fully saturated rings. The van der Waals surface area contributed by atoms with E-state index in [0.29, 0.717) is 5.41 Å². The summed E-state index contributed by atoms with van der Waals surface area (Å²) in [7, 11) is 0. The molecule has 3 aliphatic rings. The smallest absolute Gasteiger partial charge is 0.0139 e. The van der Waals surface area contributed by atoms with Gasteiger partial charge in [-0.3, -0.25) is 0 Å². The first-order valence-electron chi connectivity index (χ1n) is 4.55. The Morgan fingerprint density at radius 3 is 2.73 bits per heavy atom. The third-order valence-electron chi connectivity index (χ3n) is 3.82. The molecule has 0 unspecified atom stereocenters. The van der Waals surface area contributed by atoms with Gasteiger partial charge in [-0.2, -0.15) is 0 Å². The van der Waals surface area contributed by atoms with Gasteiger partial charge in [-0.1, -0.05) is 25.5 Å². The number of hydrogen-bond donors (Lipinski definition) is 1. The van der Waals surface area contributed by atoms with Gasteiger partial charge < -0.3 is 5.73 Å². The zero-order valence-electron chi connectivity index (χ0n) is 7.43. The quantitative estimate of drug-likeness (QED) is 0.569. The highest BCUT2D eigenvalue weighted by atomic mass is 14.6. The van der Waals surface area contributed by atoms with Crippen molar-refractivity contribution in [3.05, 3.63) is 11.6 Å². The molecule has 0 aromatic carbocycles. The molecule has 1 heteroatoms. The van der Waals surface area contributed by atoms with Crippen LogP contribution in [0.4, 0.5) is 0 Å². The monoisotopic (exact) mass is 151 g/mol. The van der Waals surface area contributed by atoms with E-state index >= 15 is 0 Å². The number of allylic oxidation sites excluding steroid dienone is 1. The molecule has 2 N–H and O–H groups in total. The van der Waals surface area contributed by atoms with Gasteiger partial charge in [0.1, 0.15) is 0 Å². The molecule has 0 aliphatic heterocycles. The van der Waals surface area contributed by atoms with Crippen LogP contribution in [0.25, 0.3) is 0 Å². The molecule has 2 bridgehead atoms. The van der Waals surface area contributed by atoms with Gasteiger partial charge in [-0.05, 0) is 30.1 Å². The van der Waals surface area contributed by atoms with Crippen molar-refractivity contribution in [2.45, 2.75) is 26.7 Å². The third-order valence-corrected chi connectivity index (χ3v) is 3.82. The Balaban J connectivity index is 2.23. The number of rotatable bonds is 1. The van der Waals surface area contributed by atoms with Gasteiger partial charge in [-0.25, -0.2) is 0 Å². The van der Waals surface area contributed by atoms with Crippen LogP contribution in [0.1, 0.15) is 26.7 Å². The second-order valence-corrected chi connectivity index (χ2v) is 4.53. The summed E-state index contributed by atoms with van der Waals surface area (Å²) in [5.74, 6) is 1.76. The van der Waals surface area contributed by atoms with E-state index in [1.165, 1.54) is 18.4 Å². The maximum Gasteiger partial charge on any atom is 0.0139 e. The maximum atomic E-state index is 5.67. The molecule has 0 radical (unpaired) electrons. The Labute approximate surface area is 68.7 Å². The summed E-state index contributed by atoms with van der Waals surface area (Å²) in [5.41, 5.74) is 7.74. The van der Waals surface area contributed by atoms with Crippen LogP contribution in [-0.4, -0.2) is 6.54 Å². The summed E-state index contributed by atoms with van der Waals surface area (Å²) < 4.78 is 0. The Bertz CT molecular complexity index is 203. The van der Waals surface area contributed by atoms with Crippen LogP contribution in [0.3, 0.4) is 0 Å². The zero-order chi connectivity index (χ0) is 8.06. The van der Waals surface area contributed by atoms with E-state index in [9.17, 15) is 0 Å². The molecule has 62 valence electrons. The molecule has 0 amide bonds. The van der Waals surface area contributed by atoms with Crippen molar-refractivity contribution >= 4 is 0 Å². The van der Waals surface area contributed by atoms with Crippen molar-refractivity contribution in [3.63, 3.8) is 0 Å². The van der Waals surface area contributed by atoms with Gasteiger partial charge in [0.25, 0.3) is 0 Å². The summed E-state index contributed by atoms with van der Waals surface area (Å²) in [6.45, 7) is 5.55. The Kier molecular flexibility index (Phi) is 1.40. The average Bonchev–Trinajstić information content (AvgIpc) is 2.04. The predicted octanol–water partition coefficient (Wildman–Crippen LogP) is 1.94. The second-order valence-electron chi connectivity index (χ2n) is 4.53. The molecule has 2 atom stereocenters. The molecular weight excluding hydrogens is 134 g/mol. The van der Waals surface area contributed by atoms with Gasteiger partial charge in [0, 0.05) is 6.54 Å². The van der Waals surface area contributed by atoms with Crippen molar-refractivity contribution < 1.29 is 0 Å². The molecule has 1 saturated carbocycles. The van der Waals surface area contributed by atoms with Gasteiger partial charge in [-0.15, -0.1) is 0 Å². The minimum Gasteiger partial charge on any atom is -0.327 e. The second kappa shape index (κ2) is 2.10. The predicted molar refractivity (Wildman–Crippen MR) is 47.1 cm³/mol. The molecule has 0 aromatic heterocycles. The summed E-state index contributed by atoms with van der Waals surface area (Å²) >= 11 is 0. The highest BCUT2D eigenvalue weighted by molar-refractivity contribution is 5.23. The molecule has 0 heterocycles. The lowest BCUT2D eigenvalue weighted by atomic mass is 9.49. The van der Waals surface area contributed by atoms with Crippen molar-refractivity contribution in [3.8, 4) is 0 Å². The van der Waals surface area contributed by atoms with Crippen LogP contribution < -0.4 is 5.73 Å². The zero-order valence-corrected chi connectivity index (χ0v) is 7.43. The standard InChI is InChI=1S/C10H17N/c1-10(2)8-4-3-7(6-11)9(10)5-8/h3,8-9H,4-6,11H2,1-2H3/t8-,9-/m1/s1. The lowest BCUT2D eigenvalue weighted by Crippen LogP contribution is -2.49. The normalized spacial score (nSPS) is 39.4. The van der Waals surface area contributed by atoms with E-state index < -0.39 is 0 Å². The Morgan fingerprint density at radius 1 is 1.64 bits per heavy atom. The van der Waals surface area contributed by atoms with Crippen LogP contribution in [0.15, 0.2) is 11.6 Å². The average molecular weight is 151 g/mol. The Morgan fingerprint density at radius 2 is 2.36 bits per heavy atom. The van der Waals surface area contributed by atoms with Crippen LogP contribution in [0, 0.1) is 17.3 Å². The van der Waals surface area contributed by atoms with Gasteiger partial charge in [0.05, 0.1) is 0 Å². The molecule has 11 heavy (non-hydrogen) atoms. The van der Waals surface area contributed by atoms with Crippen LogP contribution in [0.2, 0.25) is 0 Å². The van der Waals surface area contributed by atoms with Crippen LogP contribution in [-0.2, 0) is 0 Å². The van der Waals surface area contributed by atoms with Gasteiger partial charge >= 0.3 is 0 Å². The Hall–Kier alpha value is -0.300. The maximum absolute atomic E-state index is 5.67. The van der Waals surface area contributed by atoms with Crippen molar-refractivity contribution in [2.24, 2.45) is 23.0 Å². The molecule has 0 spiro atoms. The SMILES string of the molecule is CC1(C)[C@@H]2CC=C(CN)[C@H]1C2. The highest BCUT2D eigenvalue weighted by Gasteiger charge is 2.50. The van der Waals surface area contributed by atoms with Crippen molar-refractivity contribution in [1.29, 1.82) is 0 Å². The summed E-state index contributed by atoms with van der Waals surface area (Å²) in [6.07, 6.45) is 5.04. The fraction of sp³-hybridized carbons (Fsp3) is 0.800. The van der Waals surface area contributed by atoms with Gasteiger partial charge in [0.2, 0.25) is 0 Å². The fourth-order valence-electron chi connectivity index (χ4n) is 2.71. The first kappa shape index (κ1) is 7.35. The lowest BCUT2D eigenvalue weighted by Gasteiger charge is -2.56. The van der Waals surface area contributed by atoms with E-state index in [0.717, 1.165) is 18.4 Å². The fourth-order valence-corrected chi connectivity index (χ4v) is 2.71. The van der Waals surface area contributed by atoms with Crippen molar-refractivity contribution in [2.75, 3.05) is 6.54 Å². The molecule has 1 nitrogen and oxygen atoms in total. The van der Waals surface area contributed by atoms with E-state index in [1.807, 2.05) is 0 Å². The van der Waals surface area contributed by atoms with E-state index in [-0.39, 0.29) is 0 Å². The molecular formula is C10H17N. The molecule has 3 rings (SSSR count). The lowest BCUT2D eigenvalue weighted by molar-refractivity contribution is -0.00665. The van der Waals surface area contributed by atoms with E-state index in [1.54, 1.807) is 0 Å².